The van der Waals surface area contributed by atoms with Gasteiger partial charge >= 0.3 is 0 Å². The minimum Gasteiger partial charge on any atom is -0.365 e. The molecule has 14 heavy (non-hydrogen) atoms. The third kappa shape index (κ3) is 3.19. The molecule has 2 aliphatic rings. The van der Waals surface area contributed by atoms with Gasteiger partial charge in [-0.3, -0.25) is 4.99 Å². The van der Waals surface area contributed by atoms with Crippen molar-refractivity contribution in [2.75, 3.05) is 13.1 Å². The van der Waals surface area contributed by atoms with Gasteiger partial charge in [0, 0.05) is 11.8 Å². The van der Waals surface area contributed by atoms with E-state index in [9.17, 15) is 0 Å². The largest absolute Gasteiger partial charge is 0.365 e. The van der Waals surface area contributed by atoms with Crippen molar-refractivity contribution in [1.82, 2.24) is 5.32 Å². The lowest BCUT2D eigenvalue weighted by Gasteiger charge is -2.06. The molecule has 0 amide bonds. The van der Waals surface area contributed by atoms with Gasteiger partial charge in [-0.2, -0.15) is 0 Å². The summed E-state index contributed by atoms with van der Waals surface area (Å²) in [5.74, 6) is 1.07. The molecule has 1 saturated carbocycles. The van der Waals surface area contributed by atoms with Crippen molar-refractivity contribution in [2.24, 2.45) is 10.9 Å². The highest BCUT2D eigenvalue weighted by Crippen LogP contribution is 2.33. The highest BCUT2D eigenvalue weighted by Gasteiger charge is 2.20. The fourth-order valence-electron chi connectivity index (χ4n) is 1.72. The van der Waals surface area contributed by atoms with Crippen LogP contribution in [0.5, 0.6) is 0 Å². The number of nitrogens with zero attached hydrogens (tertiary/aromatic N) is 1. The van der Waals surface area contributed by atoms with Gasteiger partial charge in [0.15, 0.2) is 5.17 Å². The Hall–Kier alpha value is -0.180. The standard InChI is InChI=1S/C11H20N2S/c1-2-10-8-13-11(14-10)12-7-3-4-9-5-6-9/h9-10H,2-8H2,1H3,(H,12,13). The Labute approximate surface area is 90.9 Å². The Kier molecular flexibility index (Phi) is 3.74. The zero-order chi connectivity index (χ0) is 9.80. The van der Waals surface area contributed by atoms with Gasteiger partial charge in [-0.25, -0.2) is 0 Å². The monoisotopic (exact) mass is 212 g/mol. The molecule has 1 heterocycles. The number of hydrogen-bond acceptors (Lipinski definition) is 3. The normalized spacial score (nSPS) is 26.4. The molecule has 1 N–H and O–H groups in total. The topological polar surface area (TPSA) is 24.4 Å². The molecule has 1 fully saturated rings. The summed E-state index contributed by atoms with van der Waals surface area (Å²) in [6, 6.07) is 0. The fourth-order valence-corrected chi connectivity index (χ4v) is 2.69. The van der Waals surface area contributed by atoms with Crippen molar-refractivity contribution in [3.05, 3.63) is 0 Å². The van der Waals surface area contributed by atoms with Crippen molar-refractivity contribution in [3.8, 4) is 0 Å². The first-order valence-corrected chi connectivity index (χ1v) is 6.71. The molecule has 1 atom stereocenters. The number of aliphatic imine (C=N–C) groups is 1. The number of hydrogen-bond donors (Lipinski definition) is 1. The molecule has 0 aromatic rings. The van der Waals surface area contributed by atoms with E-state index in [1.54, 1.807) is 0 Å². The van der Waals surface area contributed by atoms with Crippen LogP contribution in [0.15, 0.2) is 4.99 Å². The van der Waals surface area contributed by atoms with Crippen LogP contribution in [0, 0.1) is 5.92 Å². The van der Waals surface area contributed by atoms with E-state index in [0.717, 1.165) is 24.3 Å². The summed E-state index contributed by atoms with van der Waals surface area (Å²) in [5, 5.41) is 5.37. The smallest absolute Gasteiger partial charge is 0.156 e. The third-order valence-corrected chi connectivity index (χ3v) is 4.25. The minimum atomic E-state index is 0.737. The Morgan fingerprint density at radius 3 is 3.00 bits per heavy atom. The number of thioether (sulfide) groups is 1. The average Bonchev–Trinajstić information content (AvgIpc) is 2.91. The molecule has 2 rings (SSSR count). The molecule has 1 aliphatic carbocycles. The van der Waals surface area contributed by atoms with Crippen LogP contribution in [0.1, 0.15) is 39.0 Å². The summed E-state index contributed by atoms with van der Waals surface area (Å²) in [6.07, 6.45) is 6.94. The fraction of sp³-hybridized carbons (Fsp3) is 0.909. The van der Waals surface area contributed by atoms with E-state index in [0.29, 0.717) is 0 Å². The molecular weight excluding hydrogens is 192 g/mol. The molecule has 0 radical (unpaired) electrons. The van der Waals surface area contributed by atoms with Crippen molar-refractivity contribution in [2.45, 2.75) is 44.3 Å². The van der Waals surface area contributed by atoms with Crippen LogP contribution >= 0.6 is 11.8 Å². The minimum absolute atomic E-state index is 0.737. The lowest BCUT2D eigenvalue weighted by atomic mass is 10.2. The van der Waals surface area contributed by atoms with E-state index >= 15 is 0 Å². The quantitative estimate of drug-likeness (QED) is 0.709. The van der Waals surface area contributed by atoms with Gasteiger partial charge in [-0.1, -0.05) is 31.5 Å². The first kappa shape index (κ1) is 10.3. The molecular formula is C11H20N2S. The van der Waals surface area contributed by atoms with Crippen LogP contribution in [0.25, 0.3) is 0 Å². The van der Waals surface area contributed by atoms with E-state index in [1.165, 1.54) is 37.3 Å². The van der Waals surface area contributed by atoms with Gasteiger partial charge in [-0.05, 0) is 25.2 Å². The Balaban J connectivity index is 1.52. The summed E-state index contributed by atoms with van der Waals surface area (Å²) in [4.78, 5) is 4.49. The second-order valence-corrected chi connectivity index (χ2v) is 5.60. The summed E-state index contributed by atoms with van der Waals surface area (Å²) in [5.41, 5.74) is 0. The summed E-state index contributed by atoms with van der Waals surface area (Å²) in [6.45, 7) is 4.38. The van der Waals surface area contributed by atoms with Crippen LogP contribution < -0.4 is 5.32 Å². The zero-order valence-electron chi connectivity index (χ0n) is 8.96. The third-order valence-electron chi connectivity index (χ3n) is 2.93. The SMILES string of the molecule is CCC1CN=C(NCCCC2CC2)S1. The Morgan fingerprint density at radius 2 is 2.36 bits per heavy atom. The molecule has 80 valence electrons. The van der Waals surface area contributed by atoms with E-state index < -0.39 is 0 Å². The second kappa shape index (κ2) is 5.06. The van der Waals surface area contributed by atoms with Crippen molar-refractivity contribution >= 4 is 16.9 Å². The Morgan fingerprint density at radius 1 is 1.50 bits per heavy atom. The highest BCUT2D eigenvalue weighted by atomic mass is 32.2. The lowest BCUT2D eigenvalue weighted by molar-refractivity contribution is 0.654. The van der Waals surface area contributed by atoms with Crippen LogP contribution in [0.2, 0.25) is 0 Å². The summed E-state index contributed by atoms with van der Waals surface area (Å²) < 4.78 is 0. The molecule has 0 bridgehead atoms. The molecule has 3 heteroatoms. The van der Waals surface area contributed by atoms with E-state index in [4.69, 9.17) is 0 Å². The molecule has 2 nitrogen and oxygen atoms in total. The number of nitrogens with one attached hydrogen (secondary N) is 1. The van der Waals surface area contributed by atoms with Gasteiger partial charge in [-0.15, -0.1) is 0 Å². The molecule has 1 aliphatic heterocycles. The van der Waals surface area contributed by atoms with Gasteiger partial charge in [0.1, 0.15) is 0 Å². The maximum atomic E-state index is 4.49. The maximum Gasteiger partial charge on any atom is 0.156 e. The van der Waals surface area contributed by atoms with E-state index in [1.807, 2.05) is 11.8 Å². The summed E-state index contributed by atoms with van der Waals surface area (Å²) >= 11 is 1.92. The van der Waals surface area contributed by atoms with Crippen LogP contribution in [0.4, 0.5) is 0 Å². The molecule has 0 saturated heterocycles. The van der Waals surface area contributed by atoms with E-state index in [2.05, 4.69) is 17.2 Å². The molecule has 0 aromatic heterocycles. The average molecular weight is 212 g/mol. The first-order chi connectivity index (χ1) is 6.88. The van der Waals surface area contributed by atoms with Crippen LogP contribution in [-0.4, -0.2) is 23.5 Å². The lowest BCUT2D eigenvalue weighted by Crippen LogP contribution is -2.20. The van der Waals surface area contributed by atoms with Gasteiger partial charge in [0.2, 0.25) is 0 Å². The van der Waals surface area contributed by atoms with Crippen molar-refractivity contribution < 1.29 is 0 Å². The van der Waals surface area contributed by atoms with Gasteiger partial charge in [0.05, 0.1) is 6.54 Å². The predicted octanol–water partition coefficient (Wildman–Crippen LogP) is 2.65. The molecule has 1 unspecified atom stereocenters. The van der Waals surface area contributed by atoms with E-state index in [-0.39, 0.29) is 0 Å². The number of rotatable bonds is 5. The molecule has 0 spiro atoms. The van der Waals surface area contributed by atoms with Crippen LogP contribution in [0.3, 0.4) is 0 Å². The first-order valence-electron chi connectivity index (χ1n) is 5.83. The number of amidine groups is 1. The second-order valence-electron chi connectivity index (χ2n) is 4.31. The van der Waals surface area contributed by atoms with Gasteiger partial charge < -0.3 is 5.32 Å². The van der Waals surface area contributed by atoms with Crippen molar-refractivity contribution in [3.63, 3.8) is 0 Å². The maximum absolute atomic E-state index is 4.49. The van der Waals surface area contributed by atoms with Crippen LogP contribution in [-0.2, 0) is 0 Å². The predicted molar refractivity (Wildman–Crippen MR) is 63.9 cm³/mol. The Bertz CT molecular complexity index is 211. The van der Waals surface area contributed by atoms with Crippen molar-refractivity contribution in [1.29, 1.82) is 0 Å². The summed E-state index contributed by atoms with van der Waals surface area (Å²) in [7, 11) is 0. The van der Waals surface area contributed by atoms with Gasteiger partial charge in [0.25, 0.3) is 0 Å². The zero-order valence-corrected chi connectivity index (χ0v) is 9.78. The highest BCUT2D eigenvalue weighted by molar-refractivity contribution is 8.14. The molecule has 0 aromatic carbocycles.